The van der Waals surface area contributed by atoms with Crippen LogP contribution in [0.5, 0.6) is 5.75 Å². The molecule has 8 nitrogen and oxygen atoms in total. The van der Waals surface area contributed by atoms with Gasteiger partial charge < -0.3 is 25.4 Å². The molecule has 0 aliphatic rings. The first kappa shape index (κ1) is 31.6. The number of aromatic hydroxyl groups is 1. The summed E-state index contributed by atoms with van der Waals surface area (Å²) in [6.07, 6.45) is 3.27. The Balaban J connectivity index is 3.57. The molecule has 0 fully saturated rings. The molecule has 2 unspecified atom stereocenters. The number of nitrogens with one attached hydrogen (secondary N) is 2. The average molecular weight is 524 g/mol. The number of rotatable bonds is 11. The van der Waals surface area contributed by atoms with Crippen molar-refractivity contribution in [1.29, 1.82) is 0 Å². The molecule has 1 aromatic carbocycles. The Kier molecular flexibility index (Phi) is 12.1. The van der Waals surface area contributed by atoms with Gasteiger partial charge in [-0.1, -0.05) is 31.5 Å². The molecule has 3 N–H and O–H groups in total. The van der Waals surface area contributed by atoms with E-state index in [4.69, 9.17) is 4.74 Å². The van der Waals surface area contributed by atoms with Gasteiger partial charge in [-0.05, 0) is 78.9 Å². The van der Waals surface area contributed by atoms with Crippen molar-refractivity contribution in [2.75, 3.05) is 18.6 Å². The van der Waals surface area contributed by atoms with Crippen LogP contribution in [0.15, 0.2) is 18.2 Å². The Morgan fingerprint density at radius 3 is 2.31 bits per heavy atom. The summed E-state index contributed by atoms with van der Waals surface area (Å²) in [6.45, 7) is 15.0. The number of thioether (sulfide) groups is 1. The Morgan fingerprint density at radius 2 is 1.78 bits per heavy atom. The molecule has 0 aliphatic heterocycles. The minimum Gasteiger partial charge on any atom is -0.507 e. The van der Waals surface area contributed by atoms with Gasteiger partial charge >= 0.3 is 6.09 Å². The summed E-state index contributed by atoms with van der Waals surface area (Å²) in [7, 11) is 0. The summed E-state index contributed by atoms with van der Waals surface area (Å²) in [6, 6.07) is 3.17. The van der Waals surface area contributed by atoms with Crippen LogP contribution in [0.25, 0.3) is 0 Å². The zero-order chi connectivity index (χ0) is 27.7. The molecule has 2 atom stereocenters. The van der Waals surface area contributed by atoms with Gasteiger partial charge in [0.2, 0.25) is 11.8 Å². The van der Waals surface area contributed by atoms with E-state index >= 15 is 0 Å². The van der Waals surface area contributed by atoms with Crippen LogP contribution in [0.2, 0.25) is 0 Å². The Bertz CT molecular complexity index is 892. The fourth-order valence-corrected chi connectivity index (χ4v) is 4.21. The van der Waals surface area contributed by atoms with Crippen LogP contribution < -0.4 is 10.6 Å². The van der Waals surface area contributed by atoms with Gasteiger partial charge in [0.1, 0.15) is 23.4 Å². The van der Waals surface area contributed by atoms with Crippen molar-refractivity contribution in [3.05, 3.63) is 29.3 Å². The molecular formula is C27H45N3O5S. The maximum absolute atomic E-state index is 14.1. The van der Waals surface area contributed by atoms with Crippen LogP contribution in [-0.2, 0) is 14.3 Å². The van der Waals surface area contributed by atoms with Crippen LogP contribution in [-0.4, -0.2) is 63.6 Å². The van der Waals surface area contributed by atoms with E-state index in [1.54, 1.807) is 57.7 Å². The summed E-state index contributed by atoms with van der Waals surface area (Å²) in [5.41, 5.74) is -0.595. The average Bonchev–Trinajstić information content (AvgIpc) is 2.74. The zero-order valence-electron chi connectivity index (χ0n) is 23.4. The van der Waals surface area contributed by atoms with E-state index in [1.807, 2.05) is 34.0 Å². The molecule has 0 saturated heterocycles. The second kappa shape index (κ2) is 13.8. The largest absolute Gasteiger partial charge is 0.507 e. The summed E-state index contributed by atoms with van der Waals surface area (Å²) in [4.78, 5) is 41.8. The highest BCUT2D eigenvalue weighted by atomic mass is 32.2. The van der Waals surface area contributed by atoms with E-state index in [0.29, 0.717) is 29.8 Å². The fraction of sp³-hybridized carbons (Fsp3) is 0.667. The third-order valence-electron chi connectivity index (χ3n) is 5.46. The lowest BCUT2D eigenvalue weighted by Gasteiger charge is -2.43. The molecule has 0 radical (unpaired) electrons. The molecule has 3 amide bonds. The number of benzene rings is 1. The number of ether oxygens (including phenoxy) is 1. The molecule has 36 heavy (non-hydrogen) atoms. The Labute approximate surface area is 220 Å². The number of phenolic OH excluding ortho intramolecular Hbond substituents is 1. The minimum atomic E-state index is -1.09. The number of carbonyl (C=O) groups excluding carboxylic acids is 3. The maximum Gasteiger partial charge on any atom is 0.408 e. The number of unbranched alkanes of at least 4 members (excludes halogenated alkanes) is 1. The van der Waals surface area contributed by atoms with E-state index in [-0.39, 0.29) is 11.7 Å². The van der Waals surface area contributed by atoms with Gasteiger partial charge in [-0.25, -0.2) is 4.79 Å². The third kappa shape index (κ3) is 9.56. The first-order valence-corrected chi connectivity index (χ1v) is 13.9. The molecule has 0 aromatic heterocycles. The van der Waals surface area contributed by atoms with E-state index in [9.17, 15) is 19.5 Å². The Morgan fingerprint density at radius 1 is 1.14 bits per heavy atom. The first-order chi connectivity index (χ1) is 16.6. The minimum absolute atomic E-state index is 0.0315. The first-order valence-electron chi connectivity index (χ1n) is 12.5. The molecule has 9 heteroatoms. The molecule has 204 valence electrons. The smallest absolute Gasteiger partial charge is 0.408 e. The number of carbonyl (C=O) groups is 3. The molecule has 1 aromatic rings. The molecule has 0 aliphatic carbocycles. The SMILES string of the molecule is CCCCNC(=O)C(c1cccc(C)c1O)N(C(=O)C(CCSC)NC(=O)OC(C)(C)C)C(C)(C)C. The van der Waals surface area contributed by atoms with Crippen molar-refractivity contribution in [1.82, 2.24) is 15.5 Å². The lowest BCUT2D eigenvalue weighted by atomic mass is 9.93. The highest BCUT2D eigenvalue weighted by Crippen LogP contribution is 2.36. The molecule has 0 bridgehead atoms. The predicted octanol–water partition coefficient (Wildman–Crippen LogP) is 4.93. The molecule has 0 saturated carbocycles. The summed E-state index contributed by atoms with van der Waals surface area (Å²) < 4.78 is 5.41. The number of phenols is 1. The van der Waals surface area contributed by atoms with E-state index in [1.165, 1.54) is 4.90 Å². The van der Waals surface area contributed by atoms with Gasteiger partial charge in [-0.3, -0.25) is 9.59 Å². The normalized spacial score (nSPS) is 13.5. The summed E-state index contributed by atoms with van der Waals surface area (Å²) in [5, 5.41) is 16.6. The number of amides is 3. The van der Waals surface area contributed by atoms with Crippen molar-refractivity contribution in [2.24, 2.45) is 0 Å². The number of hydrogen-bond acceptors (Lipinski definition) is 6. The van der Waals surface area contributed by atoms with Crippen molar-refractivity contribution in [3.8, 4) is 5.75 Å². The topological polar surface area (TPSA) is 108 Å². The van der Waals surface area contributed by atoms with Crippen molar-refractivity contribution >= 4 is 29.7 Å². The van der Waals surface area contributed by atoms with Crippen LogP contribution in [0.4, 0.5) is 4.79 Å². The van der Waals surface area contributed by atoms with E-state index in [2.05, 4.69) is 10.6 Å². The van der Waals surface area contributed by atoms with Crippen molar-refractivity contribution in [2.45, 2.75) is 97.9 Å². The third-order valence-corrected chi connectivity index (χ3v) is 6.10. The Hall–Kier alpha value is -2.42. The summed E-state index contributed by atoms with van der Waals surface area (Å²) in [5.74, 6) is -0.212. The van der Waals surface area contributed by atoms with E-state index in [0.717, 1.165) is 12.8 Å². The predicted molar refractivity (Wildman–Crippen MR) is 146 cm³/mol. The number of aryl methyl sites for hydroxylation is 1. The van der Waals surface area contributed by atoms with E-state index < -0.39 is 35.2 Å². The van der Waals surface area contributed by atoms with Crippen LogP contribution in [0.3, 0.4) is 0 Å². The van der Waals surface area contributed by atoms with Gasteiger partial charge in [0.15, 0.2) is 0 Å². The summed E-state index contributed by atoms with van der Waals surface area (Å²) >= 11 is 1.55. The zero-order valence-corrected chi connectivity index (χ0v) is 24.2. The van der Waals surface area contributed by atoms with Crippen LogP contribution in [0, 0.1) is 6.92 Å². The quantitative estimate of drug-likeness (QED) is 0.355. The maximum atomic E-state index is 14.1. The van der Waals surface area contributed by atoms with Gasteiger partial charge in [-0.15, -0.1) is 0 Å². The van der Waals surface area contributed by atoms with Crippen molar-refractivity contribution < 1.29 is 24.2 Å². The van der Waals surface area contributed by atoms with Gasteiger partial charge in [-0.2, -0.15) is 11.8 Å². The number of para-hydroxylation sites is 1. The molecule has 0 spiro atoms. The highest BCUT2D eigenvalue weighted by molar-refractivity contribution is 7.98. The number of nitrogens with zero attached hydrogens (tertiary/aromatic N) is 1. The van der Waals surface area contributed by atoms with Gasteiger partial charge in [0.25, 0.3) is 0 Å². The monoisotopic (exact) mass is 523 g/mol. The lowest BCUT2D eigenvalue weighted by molar-refractivity contribution is -0.148. The van der Waals surface area contributed by atoms with Crippen molar-refractivity contribution in [3.63, 3.8) is 0 Å². The number of alkyl carbamates (subject to hydrolysis) is 1. The number of hydrogen-bond donors (Lipinski definition) is 3. The molecule has 0 heterocycles. The second-order valence-corrected chi connectivity index (χ2v) is 11.9. The molecule has 1 rings (SSSR count). The lowest BCUT2D eigenvalue weighted by Crippen LogP contribution is -2.58. The highest BCUT2D eigenvalue weighted by Gasteiger charge is 2.42. The van der Waals surface area contributed by atoms with Crippen LogP contribution >= 0.6 is 11.8 Å². The fourth-order valence-electron chi connectivity index (χ4n) is 3.74. The second-order valence-electron chi connectivity index (χ2n) is 10.9. The standard InChI is InChI=1S/C27H45N3O5S/c1-10-11-16-28-23(32)21(19-14-12-13-18(2)22(19)31)30(26(3,4)5)24(33)20(15-17-36-9)29-25(34)35-27(6,7)8/h12-14,20-21,31H,10-11,15-17H2,1-9H3,(H,28,32)(H,29,34). The molecular weight excluding hydrogens is 478 g/mol. The van der Waals surface area contributed by atoms with Gasteiger partial charge in [0.05, 0.1) is 0 Å². The van der Waals surface area contributed by atoms with Gasteiger partial charge in [0, 0.05) is 17.6 Å². The van der Waals surface area contributed by atoms with Crippen LogP contribution in [0.1, 0.15) is 84.9 Å².